The average molecular weight is 395 g/mol. The van der Waals surface area contributed by atoms with Crippen molar-refractivity contribution in [2.24, 2.45) is 0 Å². The Kier molecular flexibility index (Phi) is 6.11. The summed E-state index contributed by atoms with van der Waals surface area (Å²) in [5.41, 5.74) is 0.987. The highest BCUT2D eigenvalue weighted by atomic mass is 32.2. The van der Waals surface area contributed by atoms with Crippen LogP contribution < -0.4 is 10.1 Å². The van der Waals surface area contributed by atoms with Crippen LogP contribution in [0.15, 0.2) is 24.3 Å². The van der Waals surface area contributed by atoms with Gasteiger partial charge in [0.2, 0.25) is 15.9 Å². The Hall–Kier alpha value is -1.60. The summed E-state index contributed by atoms with van der Waals surface area (Å²) in [6.07, 6.45) is 7.68. The van der Waals surface area contributed by atoms with Crippen LogP contribution in [0.3, 0.4) is 0 Å². The van der Waals surface area contributed by atoms with Crippen LogP contribution in [0.1, 0.15) is 50.5 Å². The number of ether oxygens (including phenoxy) is 1. The third-order valence-electron chi connectivity index (χ3n) is 6.02. The molecule has 150 valence electrons. The van der Waals surface area contributed by atoms with Gasteiger partial charge in [0.25, 0.3) is 0 Å². The summed E-state index contributed by atoms with van der Waals surface area (Å²) >= 11 is 0. The zero-order valence-electron chi connectivity index (χ0n) is 16.2. The molecule has 1 aromatic carbocycles. The predicted molar refractivity (Wildman–Crippen MR) is 105 cm³/mol. The summed E-state index contributed by atoms with van der Waals surface area (Å²) in [7, 11) is -1.71. The zero-order chi connectivity index (χ0) is 19.5. The van der Waals surface area contributed by atoms with E-state index >= 15 is 0 Å². The fraction of sp³-hybridized carbons (Fsp3) is 0.650. The largest absolute Gasteiger partial charge is 0.496 e. The summed E-state index contributed by atoms with van der Waals surface area (Å²) in [4.78, 5) is 12.9. The number of hydrogen-bond acceptors (Lipinski definition) is 4. The number of benzene rings is 1. The van der Waals surface area contributed by atoms with E-state index in [9.17, 15) is 13.2 Å². The standard InChI is InChI=1S/C20H30N2O4S/c1-26-18-11-4-3-9-16(18)20(12-6-7-13-20)15-21-19(23)17-10-5-8-14-22(17)27(2,24)25/h3-4,9,11,17H,5-8,10,12-15H2,1-2H3,(H,21,23). The third kappa shape index (κ3) is 4.29. The second kappa shape index (κ2) is 8.19. The maximum absolute atomic E-state index is 12.9. The van der Waals surface area contributed by atoms with Crippen molar-refractivity contribution < 1.29 is 17.9 Å². The topological polar surface area (TPSA) is 75.7 Å². The number of nitrogens with zero attached hydrogens (tertiary/aromatic N) is 1. The van der Waals surface area contributed by atoms with Crippen LogP contribution >= 0.6 is 0 Å². The smallest absolute Gasteiger partial charge is 0.238 e. The molecule has 0 radical (unpaired) electrons. The minimum absolute atomic E-state index is 0.146. The highest BCUT2D eigenvalue weighted by Gasteiger charge is 2.40. The number of amides is 1. The van der Waals surface area contributed by atoms with Crippen LogP contribution in [-0.4, -0.2) is 51.1 Å². The Bertz CT molecular complexity index is 772. The number of carbonyl (C=O) groups is 1. The number of para-hydroxylation sites is 1. The van der Waals surface area contributed by atoms with Gasteiger partial charge >= 0.3 is 0 Å². The van der Waals surface area contributed by atoms with E-state index in [0.717, 1.165) is 49.8 Å². The molecule has 1 heterocycles. The molecule has 1 N–H and O–H groups in total. The van der Waals surface area contributed by atoms with Crippen LogP contribution in [0.2, 0.25) is 0 Å². The third-order valence-corrected chi connectivity index (χ3v) is 7.31. The van der Waals surface area contributed by atoms with Crippen LogP contribution in [-0.2, 0) is 20.2 Å². The number of methoxy groups -OCH3 is 1. The van der Waals surface area contributed by atoms with Crippen molar-refractivity contribution in [3.63, 3.8) is 0 Å². The van der Waals surface area contributed by atoms with Crippen molar-refractivity contribution in [3.05, 3.63) is 29.8 Å². The minimum atomic E-state index is -3.38. The molecule has 1 unspecified atom stereocenters. The first-order valence-corrected chi connectivity index (χ1v) is 11.6. The Morgan fingerprint density at radius 3 is 2.59 bits per heavy atom. The van der Waals surface area contributed by atoms with Crippen LogP contribution in [0.5, 0.6) is 5.75 Å². The van der Waals surface area contributed by atoms with Crippen LogP contribution in [0.25, 0.3) is 0 Å². The van der Waals surface area contributed by atoms with Crippen molar-refractivity contribution in [1.82, 2.24) is 9.62 Å². The normalized spacial score (nSPS) is 23.1. The van der Waals surface area contributed by atoms with E-state index in [-0.39, 0.29) is 11.3 Å². The van der Waals surface area contributed by atoms with Gasteiger partial charge in [0.1, 0.15) is 11.8 Å². The van der Waals surface area contributed by atoms with Gasteiger partial charge in [-0.25, -0.2) is 8.42 Å². The number of piperidine rings is 1. The summed E-state index contributed by atoms with van der Waals surface area (Å²) in [6, 6.07) is 7.41. The summed E-state index contributed by atoms with van der Waals surface area (Å²) in [6.45, 7) is 0.939. The van der Waals surface area contributed by atoms with E-state index in [4.69, 9.17) is 4.74 Å². The second-order valence-electron chi connectivity index (χ2n) is 7.79. The van der Waals surface area contributed by atoms with E-state index in [2.05, 4.69) is 11.4 Å². The lowest BCUT2D eigenvalue weighted by atomic mass is 9.78. The lowest BCUT2D eigenvalue weighted by molar-refractivity contribution is -0.126. The summed E-state index contributed by atoms with van der Waals surface area (Å²) < 4.78 is 31.0. The van der Waals surface area contributed by atoms with Gasteiger partial charge in [-0.2, -0.15) is 4.31 Å². The molecular weight excluding hydrogens is 364 g/mol. The number of rotatable bonds is 6. The Morgan fingerprint density at radius 2 is 1.93 bits per heavy atom. The molecular formula is C20H30N2O4S. The lowest BCUT2D eigenvalue weighted by Crippen LogP contribution is -2.53. The molecule has 2 aliphatic rings. The van der Waals surface area contributed by atoms with E-state index in [1.807, 2.05) is 18.2 Å². The first-order chi connectivity index (χ1) is 12.9. The molecule has 1 saturated heterocycles. The van der Waals surface area contributed by atoms with Crippen LogP contribution in [0.4, 0.5) is 0 Å². The Labute approximate surface area is 162 Å². The fourth-order valence-electron chi connectivity index (χ4n) is 4.61. The molecule has 1 atom stereocenters. The molecule has 1 saturated carbocycles. The van der Waals surface area contributed by atoms with Crippen molar-refractivity contribution in [1.29, 1.82) is 0 Å². The SMILES string of the molecule is COc1ccccc1C1(CNC(=O)C2CCCCN2S(C)(=O)=O)CCCC1. The van der Waals surface area contributed by atoms with Gasteiger partial charge in [0, 0.05) is 24.1 Å². The molecule has 3 rings (SSSR count). The number of sulfonamides is 1. The van der Waals surface area contributed by atoms with Gasteiger partial charge in [-0.1, -0.05) is 37.5 Å². The molecule has 1 amide bonds. The van der Waals surface area contributed by atoms with E-state index in [1.165, 1.54) is 10.6 Å². The minimum Gasteiger partial charge on any atom is -0.496 e. The highest BCUT2D eigenvalue weighted by Crippen LogP contribution is 2.44. The zero-order valence-corrected chi connectivity index (χ0v) is 17.1. The van der Waals surface area contributed by atoms with Crippen molar-refractivity contribution in [2.45, 2.75) is 56.4 Å². The number of hydrogen-bond donors (Lipinski definition) is 1. The van der Waals surface area contributed by atoms with Gasteiger partial charge in [-0.3, -0.25) is 4.79 Å². The summed E-state index contributed by atoms with van der Waals surface area (Å²) in [5.74, 6) is 0.672. The predicted octanol–water partition coefficient (Wildman–Crippen LogP) is 2.44. The van der Waals surface area contributed by atoms with Gasteiger partial charge in [0.05, 0.1) is 13.4 Å². The van der Waals surface area contributed by atoms with Gasteiger partial charge in [-0.15, -0.1) is 0 Å². The van der Waals surface area contributed by atoms with Gasteiger partial charge < -0.3 is 10.1 Å². The molecule has 0 spiro atoms. The second-order valence-corrected chi connectivity index (χ2v) is 9.73. The van der Waals surface area contributed by atoms with E-state index in [1.54, 1.807) is 7.11 Å². The van der Waals surface area contributed by atoms with Crippen LogP contribution in [0, 0.1) is 0 Å². The van der Waals surface area contributed by atoms with E-state index < -0.39 is 16.1 Å². The Balaban J connectivity index is 1.77. The molecule has 6 nitrogen and oxygen atoms in total. The first-order valence-electron chi connectivity index (χ1n) is 9.75. The quantitative estimate of drug-likeness (QED) is 0.804. The first kappa shape index (κ1) is 20.1. The molecule has 7 heteroatoms. The molecule has 0 aromatic heterocycles. The fourth-order valence-corrected chi connectivity index (χ4v) is 5.74. The molecule has 2 fully saturated rings. The van der Waals surface area contributed by atoms with Crippen molar-refractivity contribution >= 4 is 15.9 Å². The highest BCUT2D eigenvalue weighted by molar-refractivity contribution is 7.88. The number of nitrogens with one attached hydrogen (secondary N) is 1. The average Bonchev–Trinajstić information content (AvgIpc) is 3.15. The number of carbonyl (C=O) groups excluding carboxylic acids is 1. The van der Waals surface area contributed by atoms with Gasteiger partial charge in [-0.05, 0) is 31.7 Å². The maximum Gasteiger partial charge on any atom is 0.238 e. The Morgan fingerprint density at radius 1 is 1.22 bits per heavy atom. The maximum atomic E-state index is 12.9. The molecule has 27 heavy (non-hydrogen) atoms. The van der Waals surface area contributed by atoms with Crippen molar-refractivity contribution in [2.75, 3.05) is 26.5 Å². The lowest BCUT2D eigenvalue weighted by Gasteiger charge is -2.35. The molecule has 1 aliphatic carbocycles. The molecule has 1 aliphatic heterocycles. The monoisotopic (exact) mass is 394 g/mol. The van der Waals surface area contributed by atoms with Gasteiger partial charge in [0.15, 0.2) is 0 Å². The molecule has 0 bridgehead atoms. The van der Waals surface area contributed by atoms with Crippen molar-refractivity contribution in [3.8, 4) is 5.75 Å². The summed E-state index contributed by atoms with van der Waals surface area (Å²) in [5, 5.41) is 3.09. The molecule has 1 aromatic rings. The van der Waals surface area contributed by atoms with E-state index in [0.29, 0.717) is 19.5 Å².